The van der Waals surface area contributed by atoms with Crippen molar-refractivity contribution in [1.29, 1.82) is 0 Å². The van der Waals surface area contributed by atoms with Gasteiger partial charge in [-0.25, -0.2) is 0 Å². The largest absolute Gasteiger partial charge is 0.279 e. The average molecular weight is 352 g/mol. The Morgan fingerprint density at radius 2 is 1.68 bits per heavy atom. The van der Waals surface area contributed by atoms with Crippen LogP contribution in [0.2, 0.25) is 0 Å². The fourth-order valence-corrected chi connectivity index (χ4v) is 2.22. The van der Waals surface area contributed by atoms with Crippen LogP contribution in [-0.4, -0.2) is 11.2 Å². The van der Waals surface area contributed by atoms with Gasteiger partial charge in [0.2, 0.25) is 0 Å². The molecule has 3 aromatic rings. The summed E-state index contributed by atoms with van der Waals surface area (Å²) in [5.74, 6) is 0. The predicted octanol–water partition coefficient (Wildman–Crippen LogP) is 4.96. The lowest BCUT2D eigenvalue weighted by atomic mass is 10.1. The van der Waals surface area contributed by atoms with Gasteiger partial charge in [-0.3, -0.25) is 10.4 Å². The number of hydrogen-bond donors (Lipinski definition) is 1. The summed E-state index contributed by atoms with van der Waals surface area (Å²) >= 11 is 3.39. The third kappa shape index (κ3) is 3.80. The Labute approximate surface area is 137 Å². The lowest BCUT2D eigenvalue weighted by Crippen LogP contribution is -1.90. The Kier molecular flexibility index (Phi) is 4.61. The minimum absolute atomic E-state index is 0.953. The number of anilines is 1. The first-order valence-electron chi connectivity index (χ1n) is 6.87. The second kappa shape index (κ2) is 7.00. The Hall–Kier alpha value is -2.46. The van der Waals surface area contributed by atoms with Gasteiger partial charge in [0.05, 0.1) is 17.6 Å². The predicted molar refractivity (Wildman–Crippen MR) is 95.0 cm³/mol. The van der Waals surface area contributed by atoms with Crippen molar-refractivity contribution in [2.24, 2.45) is 5.10 Å². The molecule has 3 nitrogen and oxygen atoms in total. The first-order chi connectivity index (χ1) is 10.8. The molecule has 0 aliphatic heterocycles. The number of pyridine rings is 1. The van der Waals surface area contributed by atoms with E-state index in [4.69, 9.17) is 0 Å². The number of hydrazone groups is 1. The highest BCUT2D eigenvalue weighted by Crippen LogP contribution is 2.19. The second-order valence-corrected chi connectivity index (χ2v) is 5.64. The molecule has 1 N–H and O–H groups in total. The van der Waals surface area contributed by atoms with E-state index in [0.717, 1.165) is 27.0 Å². The summed E-state index contributed by atoms with van der Waals surface area (Å²) in [7, 11) is 0. The highest BCUT2D eigenvalue weighted by molar-refractivity contribution is 9.10. The molecular formula is C18H14BrN3. The maximum absolute atomic E-state index is 4.39. The SMILES string of the molecule is Brc1ccc(-c2ccc(C=NNc3ccccc3)cc2)nc1. The Morgan fingerprint density at radius 1 is 0.909 bits per heavy atom. The zero-order chi connectivity index (χ0) is 15.2. The van der Waals surface area contributed by atoms with Gasteiger partial charge in [0.25, 0.3) is 0 Å². The van der Waals surface area contributed by atoms with E-state index in [1.165, 1.54) is 0 Å². The number of rotatable bonds is 4. The first-order valence-corrected chi connectivity index (χ1v) is 7.67. The van der Waals surface area contributed by atoms with E-state index in [1.807, 2.05) is 66.7 Å². The molecule has 0 aliphatic carbocycles. The van der Waals surface area contributed by atoms with Crippen LogP contribution in [0.15, 0.2) is 82.5 Å². The van der Waals surface area contributed by atoms with Crippen molar-refractivity contribution in [3.63, 3.8) is 0 Å². The molecule has 108 valence electrons. The number of hydrogen-bond acceptors (Lipinski definition) is 3. The topological polar surface area (TPSA) is 37.3 Å². The van der Waals surface area contributed by atoms with Gasteiger partial charge < -0.3 is 0 Å². The van der Waals surface area contributed by atoms with Crippen LogP contribution in [0.5, 0.6) is 0 Å². The lowest BCUT2D eigenvalue weighted by molar-refractivity contribution is 1.31. The summed E-state index contributed by atoms with van der Waals surface area (Å²) in [6.45, 7) is 0. The molecule has 0 fully saturated rings. The molecule has 2 aromatic carbocycles. The average Bonchev–Trinajstić information content (AvgIpc) is 2.57. The van der Waals surface area contributed by atoms with Crippen LogP contribution >= 0.6 is 15.9 Å². The summed E-state index contributed by atoms with van der Waals surface area (Å²) in [5, 5.41) is 4.23. The minimum atomic E-state index is 0.953. The fourth-order valence-electron chi connectivity index (χ4n) is 1.98. The molecule has 3 rings (SSSR count). The van der Waals surface area contributed by atoms with Gasteiger partial charge >= 0.3 is 0 Å². The van der Waals surface area contributed by atoms with Gasteiger partial charge in [-0.2, -0.15) is 5.10 Å². The van der Waals surface area contributed by atoms with E-state index in [0.29, 0.717) is 0 Å². The quantitative estimate of drug-likeness (QED) is 0.532. The maximum Gasteiger partial charge on any atom is 0.0702 e. The molecule has 0 unspecified atom stereocenters. The standard InChI is InChI=1S/C18H14BrN3/c19-16-10-11-18(20-13-16)15-8-6-14(7-9-15)12-21-22-17-4-2-1-3-5-17/h1-13,22H. The van der Waals surface area contributed by atoms with Crippen molar-refractivity contribution in [3.8, 4) is 11.3 Å². The van der Waals surface area contributed by atoms with Gasteiger partial charge in [-0.15, -0.1) is 0 Å². The molecule has 1 aromatic heterocycles. The molecule has 4 heteroatoms. The molecule has 0 atom stereocenters. The Balaban J connectivity index is 1.68. The van der Waals surface area contributed by atoms with Crippen molar-refractivity contribution in [2.75, 3.05) is 5.43 Å². The lowest BCUT2D eigenvalue weighted by Gasteiger charge is -2.02. The van der Waals surface area contributed by atoms with E-state index >= 15 is 0 Å². The zero-order valence-corrected chi connectivity index (χ0v) is 13.4. The summed E-state index contributed by atoms with van der Waals surface area (Å²) in [6.07, 6.45) is 3.60. The number of para-hydroxylation sites is 1. The highest BCUT2D eigenvalue weighted by Gasteiger charge is 1.98. The summed E-state index contributed by atoms with van der Waals surface area (Å²) in [5.41, 5.74) is 7.03. The molecule has 1 heterocycles. The summed E-state index contributed by atoms with van der Waals surface area (Å²) < 4.78 is 0.979. The van der Waals surface area contributed by atoms with Crippen LogP contribution in [-0.2, 0) is 0 Å². The van der Waals surface area contributed by atoms with E-state index in [2.05, 4.69) is 31.4 Å². The molecule has 0 spiro atoms. The second-order valence-electron chi connectivity index (χ2n) is 4.72. The Bertz CT molecular complexity index is 751. The van der Waals surface area contributed by atoms with Gasteiger partial charge in [-0.1, -0.05) is 42.5 Å². The fraction of sp³-hybridized carbons (Fsp3) is 0. The van der Waals surface area contributed by atoms with Gasteiger partial charge in [0, 0.05) is 16.2 Å². The van der Waals surface area contributed by atoms with Crippen LogP contribution in [0.1, 0.15) is 5.56 Å². The molecule has 0 amide bonds. The van der Waals surface area contributed by atoms with Crippen molar-refractivity contribution < 1.29 is 0 Å². The van der Waals surface area contributed by atoms with Crippen molar-refractivity contribution in [1.82, 2.24) is 4.98 Å². The smallest absolute Gasteiger partial charge is 0.0702 e. The first kappa shape index (κ1) is 14.5. The third-order valence-corrected chi connectivity index (χ3v) is 3.58. The van der Waals surface area contributed by atoms with Crippen molar-refractivity contribution in [3.05, 3.63) is 83.0 Å². The molecule has 0 bridgehead atoms. The third-order valence-electron chi connectivity index (χ3n) is 3.11. The summed E-state index contributed by atoms with van der Waals surface area (Å²) in [6, 6.07) is 22.0. The molecule has 0 aliphatic rings. The van der Waals surface area contributed by atoms with Crippen molar-refractivity contribution >= 4 is 27.8 Å². The molecule has 0 radical (unpaired) electrons. The molecule has 22 heavy (non-hydrogen) atoms. The van der Waals surface area contributed by atoms with Gasteiger partial charge in [0.1, 0.15) is 0 Å². The van der Waals surface area contributed by atoms with Crippen LogP contribution in [0.3, 0.4) is 0 Å². The number of halogens is 1. The van der Waals surface area contributed by atoms with E-state index in [-0.39, 0.29) is 0 Å². The van der Waals surface area contributed by atoms with Crippen LogP contribution in [0, 0.1) is 0 Å². The molecule has 0 saturated heterocycles. The maximum atomic E-state index is 4.39. The summed E-state index contributed by atoms with van der Waals surface area (Å²) in [4.78, 5) is 4.39. The van der Waals surface area contributed by atoms with E-state index in [1.54, 1.807) is 12.4 Å². The Morgan fingerprint density at radius 3 is 2.36 bits per heavy atom. The number of nitrogens with one attached hydrogen (secondary N) is 1. The number of nitrogens with zero attached hydrogens (tertiary/aromatic N) is 2. The number of aromatic nitrogens is 1. The zero-order valence-electron chi connectivity index (χ0n) is 11.8. The van der Waals surface area contributed by atoms with E-state index in [9.17, 15) is 0 Å². The van der Waals surface area contributed by atoms with Crippen LogP contribution in [0.25, 0.3) is 11.3 Å². The van der Waals surface area contributed by atoms with Crippen LogP contribution < -0.4 is 5.43 Å². The van der Waals surface area contributed by atoms with Gasteiger partial charge in [0.15, 0.2) is 0 Å². The highest BCUT2D eigenvalue weighted by atomic mass is 79.9. The monoisotopic (exact) mass is 351 g/mol. The van der Waals surface area contributed by atoms with Crippen LogP contribution in [0.4, 0.5) is 5.69 Å². The minimum Gasteiger partial charge on any atom is -0.279 e. The normalized spacial score (nSPS) is 10.8. The van der Waals surface area contributed by atoms with E-state index < -0.39 is 0 Å². The van der Waals surface area contributed by atoms with Crippen molar-refractivity contribution in [2.45, 2.75) is 0 Å². The molecule has 0 saturated carbocycles. The van der Waals surface area contributed by atoms with Gasteiger partial charge in [-0.05, 0) is 45.8 Å². The molecular weight excluding hydrogens is 338 g/mol. The number of benzene rings is 2.